The first-order valence-corrected chi connectivity index (χ1v) is 2.22. The molecule has 0 aromatic carbocycles. The number of nitrogens with one attached hydrogen (secondary N) is 1. The highest BCUT2D eigenvalue weighted by Crippen LogP contribution is 1.64. The molecule has 0 aliphatic carbocycles. The minimum atomic E-state index is -0.833. The van der Waals surface area contributed by atoms with Gasteiger partial charge in [-0.05, 0) is 6.07 Å². The lowest BCUT2D eigenvalue weighted by molar-refractivity contribution is 0.256. The number of carbonyl (C=O) groups excluding carboxylic acids is 1. The number of urea groups is 1. The van der Waals surface area contributed by atoms with E-state index in [-0.39, 0.29) is 0 Å². The fourth-order valence-corrected chi connectivity index (χ4v) is 0.215. The normalized spacial score (nSPS) is 7.11. The van der Waals surface area contributed by atoms with Crippen LogP contribution >= 0.6 is 0 Å². The summed E-state index contributed by atoms with van der Waals surface area (Å²) in [6.45, 7) is 0. The van der Waals surface area contributed by atoms with Gasteiger partial charge in [0.25, 0.3) is 0 Å². The summed E-state index contributed by atoms with van der Waals surface area (Å²) in [6.07, 6.45) is 3.46. The summed E-state index contributed by atoms with van der Waals surface area (Å²) in [5.41, 5.74) is 8.50. The Hall–Kier alpha value is -1.52. The fourth-order valence-electron chi connectivity index (χ4n) is 0.215. The van der Waals surface area contributed by atoms with Crippen LogP contribution in [0, 0.1) is 0 Å². The molecule has 50 valence electrons. The number of hydrogen-bond acceptors (Lipinski definition) is 2. The topological polar surface area (TPSA) is 97.8 Å². The molecule has 1 aromatic rings. The van der Waals surface area contributed by atoms with Crippen molar-refractivity contribution in [2.75, 3.05) is 0 Å². The first-order valence-electron chi connectivity index (χ1n) is 2.22. The lowest BCUT2D eigenvalue weighted by Gasteiger charge is -1.62. The van der Waals surface area contributed by atoms with Gasteiger partial charge in [0.1, 0.15) is 0 Å². The minimum absolute atomic E-state index is 0.833. The van der Waals surface area contributed by atoms with Gasteiger partial charge >= 0.3 is 6.03 Å². The van der Waals surface area contributed by atoms with Crippen molar-refractivity contribution < 1.29 is 4.79 Å². The maximum atomic E-state index is 9.00. The highest BCUT2D eigenvalue weighted by molar-refractivity contribution is 5.69. The molecule has 1 aromatic heterocycles. The van der Waals surface area contributed by atoms with Crippen molar-refractivity contribution in [3.8, 4) is 0 Å². The van der Waals surface area contributed by atoms with Crippen LogP contribution in [0.15, 0.2) is 18.5 Å². The third kappa shape index (κ3) is 10.7. The monoisotopic (exact) mass is 128 g/mol. The summed E-state index contributed by atoms with van der Waals surface area (Å²) in [4.78, 5) is 9.00. The molecular formula is C4H8N4O. The van der Waals surface area contributed by atoms with E-state index in [2.05, 4.69) is 21.7 Å². The van der Waals surface area contributed by atoms with Crippen LogP contribution in [0.3, 0.4) is 0 Å². The summed E-state index contributed by atoms with van der Waals surface area (Å²) in [5, 5.41) is 6.21. The van der Waals surface area contributed by atoms with E-state index in [1.807, 2.05) is 6.07 Å². The Kier molecular flexibility index (Phi) is 3.85. The third-order valence-corrected chi connectivity index (χ3v) is 0.406. The molecule has 0 atom stereocenters. The van der Waals surface area contributed by atoms with Crippen molar-refractivity contribution in [3.63, 3.8) is 0 Å². The van der Waals surface area contributed by atoms with Crippen molar-refractivity contribution in [2.24, 2.45) is 11.5 Å². The molecule has 0 aliphatic heterocycles. The van der Waals surface area contributed by atoms with Crippen LogP contribution in [0.4, 0.5) is 4.79 Å². The quantitative estimate of drug-likeness (QED) is 0.436. The second-order valence-corrected chi connectivity index (χ2v) is 1.17. The number of hydrogen-bond donors (Lipinski definition) is 3. The molecule has 0 saturated heterocycles. The van der Waals surface area contributed by atoms with E-state index in [4.69, 9.17) is 4.79 Å². The highest BCUT2D eigenvalue weighted by atomic mass is 16.2. The zero-order valence-electron chi connectivity index (χ0n) is 4.74. The van der Waals surface area contributed by atoms with Gasteiger partial charge in [0, 0.05) is 12.4 Å². The lowest BCUT2D eigenvalue weighted by Crippen LogP contribution is -2.18. The van der Waals surface area contributed by atoms with Gasteiger partial charge in [0.15, 0.2) is 0 Å². The molecular weight excluding hydrogens is 120 g/mol. The van der Waals surface area contributed by atoms with E-state index >= 15 is 0 Å². The third-order valence-electron chi connectivity index (χ3n) is 0.406. The van der Waals surface area contributed by atoms with Crippen LogP contribution in [-0.2, 0) is 0 Å². The SMILES string of the molecule is NC(N)=O.c1cn[nH]c1. The van der Waals surface area contributed by atoms with E-state index < -0.39 is 6.03 Å². The second-order valence-electron chi connectivity index (χ2n) is 1.17. The van der Waals surface area contributed by atoms with Crippen molar-refractivity contribution in [3.05, 3.63) is 18.5 Å². The standard InChI is InChI=1S/C3H4N2.CH4N2O/c1-2-4-5-3-1;2-1(3)4/h1-3H,(H,4,5);(H4,2,3,4). The van der Waals surface area contributed by atoms with Crippen LogP contribution in [-0.4, -0.2) is 16.2 Å². The smallest absolute Gasteiger partial charge is 0.309 e. The van der Waals surface area contributed by atoms with E-state index in [1.165, 1.54) is 0 Å². The van der Waals surface area contributed by atoms with Gasteiger partial charge in [-0.25, -0.2) is 4.79 Å². The van der Waals surface area contributed by atoms with Crippen LogP contribution < -0.4 is 11.5 Å². The predicted octanol–water partition coefficient (Wildman–Crippen LogP) is -0.567. The molecule has 5 N–H and O–H groups in total. The number of aromatic nitrogens is 2. The molecule has 5 heteroatoms. The second kappa shape index (κ2) is 4.63. The molecule has 0 spiro atoms. The van der Waals surface area contributed by atoms with Crippen molar-refractivity contribution in [1.82, 2.24) is 10.2 Å². The van der Waals surface area contributed by atoms with Gasteiger partial charge in [-0.15, -0.1) is 0 Å². The Bertz CT molecular complexity index is 126. The van der Waals surface area contributed by atoms with E-state index in [9.17, 15) is 0 Å². The average molecular weight is 128 g/mol. The number of aromatic amines is 1. The summed E-state index contributed by atoms with van der Waals surface area (Å²) in [5.74, 6) is 0. The van der Waals surface area contributed by atoms with Crippen LogP contribution in [0.2, 0.25) is 0 Å². The molecule has 0 aliphatic rings. The number of nitrogens with zero attached hydrogens (tertiary/aromatic N) is 1. The summed E-state index contributed by atoms with van der Waals surface area (Å²) >= 11 is 0. The molecule has 1 rings (SSSR count). The Morgan fingerprint density at radius 1 is 1.56 bits per heavy atom. The molecule has 0 saturated carbocycles. The number of primary amides is 2. The first kappa shape index (κ1) is 7.48. The largest absolute Gasteiger partial charge is 0.352 e. The number of amides is 2. The van der Waals surface area contributed by atoms with Crippen molar-refractivity contribution in [2.45, 2.75) is 0 Å². The Labute approximate surface area is 52.0 Å². The Morgan fingerprint density at radius 3 is 2.22 bits per heavy atom. The number of H-pyrrole nitrogens is 1. The molecule has 0 bridgehead atoms. The number of nitrogens with two attached hydrogens (primary N) is 2. The summed E-state index contributed by atoms with van der Waals surface area (Å²) in [6, 6.07) is 1.00. The van der Waals surface area contributed by atoms with Gasteiger partial charge in [-0.2, -0.15) is 5.10 Å². The minimum Gasteiger partial charge on any atom is -0.352 e. The van der Waals surface area contributed by atoms with Gasteiger partial charge in [-0.1, -0.05) is 0 Å². The van der Waals surface area contributed by atoms with Crippen LogP contribution in [0.5, 0.6) is 0 Å². The molecule has 1 heterocycles. The highest BCUT2D eigenvalue weighted by Gasteiger charge is 1.60. The molecule has 2 amide bonds. The lowest BCUT2D eigenvalue weighted by atomic mass is 10.8. The van der Waals surface area contributed by atoms with Gasteiger partial charge < -0.3 is 11.5 Å². The summed E-state index contributed by atoms with van der Waals surface area (Å²) in [7, 11) is 0. The van der Waals surface area contributed by atoms with Crippen molar-refractivity contribution in [1.29, 1.82) is 0 Å². The van der Waals surface area contributed by atoms with E-state index in [1.54, 1.807) is 12.4 Å². The van der Waals surface area contributed by atoms with Gasteiger partial charge in [-0.3, -0.25) is 5.10 Å². The summed E-state index contributed by atoms with van der Waals surface area (Å²) < 4.78 is 0. The molecule has 5 nitrogen and oxygen atoms in total. The first-order chi connectivity index (χ1) is 4.23. The molecule has 9 heavy (non-hydrogen) atoms. The number of carbonyl (C=O) groups is 1. The fraction of sp³-hybridized carbons (Fsp3) is 0. The number of rotatable bonds is 0. The average Bonchev–Trinajstić information content (AvgIpc) is 2.11. The molecule has 0 unspecified atom stereocenters. The van der Waals surface area contributed by atoms with Gasteiger partial charge in [0.2, 0.25) is 0 Å². The van der Waals surface area contributed by atoms with Crippen molar-refractivity contribution >= 4 is 6.03 Å². The zero-order chi connectivity index (χ0) is 7.11. The van der Waals surface area contributed by atoms with E-state index in [0.717, 1.165) is 0 Å². The molecule has 0 radical (unpaired) electrons. The Morgan fingerprint density at radius 2 is 2.11 bits per heavy atom. The van der Waals surface area contributed by atoms with Gasteiger partial charge in [0.05, 0.1) is 0 Å². The maximum absolute atomic E-state index is 9.00. The zero-order valence-corrected chi connectivity index (χ0v) is 4.74. The van der Waals surface area contributed by atoms with Crippen LogP contribution in [0.25, 0.3) is 0 Å². The predicted molar refractivity (Wildman–Crippen MR) is 32.4 cm³/mol. The van der Waals surface area contributed by atoms with Crippen LogP contribution in [0.1, 0.15) is 0 Å². The maximum Gasteiger partial charge on any atom is 0.309 e. The molecule has 0 fully saturated rings. The Balaban J connectivity index is 0.000000148. The van der Waals surface area contributed by atoms with E-state index in [0.29, 0.717) is 0 Å².